The van der Waals surface area contributed by atoms with Gasteiger partial charge in [-0.15, -0.1) is 0 Å². The van der Waals surface area contributed by atoms with Gasteiger partial charge in [0.2, 0.25) is 0 Å². The number of hydrogen-bond acceptors (Lipinski definition) is 4. The van der Waals surface area contributed by atoms with E-state index >= 15 is 0 Å². The van der Waals surface area contributed by atoms with Gasteiger partial charge in [-0.05, 0) is 87.4 Å². The third-order valence-corrected chi connectivity index (χ3v) is 14.2. The molecule has 0 bridgehead atoms. The molecule has 0 unspecified atom stereocenters. The zero-order valence-corrected chi connectivity index (χ0v) is 25.6. The van der Waals surface area contributed by atoms with Crippen LogP contribution in [0.15, 0.2) is 33.5 Å². The molecule has 0 heterocycles. The number of rotatable bonds is 14. The Hall–Kier alpha value is 0.00688. The van der Waals surface area contributed by atoms with Crippen LogP contribution in [0.3, 0.4) is 0 Å². The Morgan fingerprint density at radius 2 is 1.79 bits per heavy atom. The van der Waals surface area contributed by atoms with E-state index < -0.39 is 14.4 Å². The number of aliphatic hydroxyl groups excluding tert-OH is 1. The van der Waals surface area contributed by atoms with Gasteiger partial charge in [0.15, 0.2) is 8.32 Å². The van der Waals surface area contributed by atoms with Gasteiger partial charge in [-0.1, -0.05) is 65.3 Å². The van der Waals surface area contributed by atoms with Gasteiger partial charge < -0.3 is 19.0 Å². The van der Waals surface area contributed by atoms with Crippen LogP contribution in [0.2, 0.25) is 16.6 Å². The first-order chi connectivity index (χ1) is 15.4. The van der Waals surface area contributed by atoms with Gasteiger partial charge in [-0.2, -0.15) is 0 Å². The molecule has 4 atom stereocenters. The Morgan fingerprint density at radius 3 is 2.27 bits per heavy atom. The van der Waals surface area contributed by atoms with Crippen LogP contribution in [-0.4, -0.2) is 46.1 Å². The van der Waals surface area contributed by atoms with Crippen molar-refractivity contribution in [2.45, 2.75) is 103 Å². The Morgan fingerprint density at radius 1 is 1.21 bits per heavy atom. The lowest BCUT2D eigenvalue weighted by atomic mass is 9.72. The Labute approximate surface area is 218 Å². The minimum Gasteiger partial charge on any atom is -0.416 e. The Bertz CT molecular complexity index is 649. The first-order valence-electron chi connectivity index (χ1n) is 12.5. The fourth-order valence-corrected chi connectivity index (χ4v) is 11.9. The fraction of sp³-hybridized carbons (Fsp3) is 0.778. The first kappa shape index (κ1) is 31.0. The summed E-state index contributed by atoms with van der Waals surface area (Å²) in [6.07, 6.45) is 6.06. The van der Waals surface area contributed by atoms with Gasteiger partial charge in [-0.3, -0.25) is 0 Å². The van der Waals surface area contributed by atoms with E-state index in [1.165, 1.54) is 5.57 Å². The van der Waals surface area contributed by atoms with Crippen LogP contribution in [0, 0.1) is 11.8 Å². The molecule has 0 aromatic carbocycles. The number of hydrogen-bond donors (Lipinski definition) is 1. The molecule has 4 nitrogen and oxygen atoms in total. The van der Waals surface area contributed by atoms with Crippen molar-refractivity contribution < 1.29 is 19.0 Å². The minimum absolute atomic E-state index is 0.0702. The molecule has 0 aromatic rings. The Kier molecular flexibility index (Phi) is 13.7. The van der Waals surface area contributed by atoms with E-state index in [1.54, 1.807) is 7.11 Å². The summed E-state index contributed by atoms with van der Waals surface area (Å²) in [5.74, 6) is 0.478. The van der Waals surface area contributed by atoms with Crippen LogP contribution >= 0.6 is 22.6 Å². The van der Waals surface area contributed by atoms with Gasteiger partial charge in [0.1, 0.15) is 6.79 Å². The maximum Gasteiger partial charge on any atom is 0.200 e. The lowest BCUT2D eigenvalue weighted by Gasteiger charge is -2.42. The van der Waals surface area contributed by atoms with Crippen molar-refractivity contribution in [3.05, 3.63) is 33.5 Å². The molecule has 192 valence electrons. The second kappa shape index (κ2) is 14.5. The van der Waals surface area contributed by atoms with E-state index in [0.29, 0.717) is 29.0 Å². The second-order valence-electron chi connectivity index (χ2n) is 10.7. The molecule has 1 aliphatic rings. The molecule has 0 fully saturated rings. The van der Waals surface area contributed by atoms with E-state index in [9.17, 15) is 5.11 Å². The first-order valence-corrected chi connectivity index (χ1v) is 15.7. The standard InChI is InChI=1S/C27H49IO4Si/c1-18(2)25-13-22(9)14-27(31-17-30-10)26(25)16-24(29)15-23(28)11-12-32-33(19(3)4,20(5)6)21(7)8/h14-15,19-21,24-27,29H,1,11-13,16-17H2,2-10H3/b23-15+/t24-,25-,26-,27-/m0/s1. The largest absolute Gasteiger partial charge is 0.416 e. The van der Waals surface area contributed by atoms with Gasteiger partial charge in [-0.25, -0.2) is 0 Å². The summed E-state index contributed by atoms with van der Waals surface area (Å²) < 4.78 is 19.0. The molecule has 6 heteroatoms. The molecule has 0 amide bonds. The summed E-state index contributed by atoms with van der Waals surface area (Å²) in [6.45, 7) is 23.3. The van der Waals surface area contributed by atoms with Crippen molar-refractivity contribution in [1.29, 1.82) is 0 Å². The number of aliphatic hydroxyl groups is 1. The van der Waals surface area contributed by atoms with Crippen LogP contribution in [-0.2, 0) is 13.9 Å². The van der Waals surface area contributed by atoms with E-state index in [0.717, 1.165) is 28.6 Å². The summed E-state index contributed by atoms with van der Waals surface area (Å²) in [7, 11) is -0.216. The SMILES string of the molecule is C=C(C)[C@@H]1CC(C)=C[C@H](OCOC)[C@H]1C[C@@H](O)/C=C(/I)CCO[Si](C(C)C)(C(C)C)C(C)C. The van der Waals surface area contributed by atoms with Crippen LogP contribution in [0.25, 0.3) is 0 Å². The maximum atomic E-state index is 11.0. The van der Waals surface area contributed by atoms with Gasteiger partial charge >= 0.3 is 0 Å². The average molecular weight is 593 g/mol. The average Bonchev–Trinajstić information content (AvgIpc) is 2.69. The predicted octanol–water partition coefficient (Wildman–Crippen LogP) is 7.79. The van der Waals surface area contributed by atoms with Crippen LogP contribution < -0.4 is 0 Å². The normalized spacial score (nSPS) is 23.4. The summed E-state index contributed by atoms with van der Waals surface area (Å²) in [5, 5.41) is 11.0. The number of halogens is 1. The molecule has 0 radical (unpaired) electrons. The third-order valence-electron chi connectivity index (χ3n) is 7.23. The Balaban J connectivity index is 2.85. The van der Waals surface area contributed by atoms with Crippen LogP contribution in [0.5, 0.6) is 0 Å². The smallest absolute Gasteiger partial charge is 0.200 e. The zero-order chi connectivity index (χ0) is 25.3. The van der Waals surface area contributed by atoms with Crippen molar-refractivity contribution in [2.24, 2.45) is 11.8 Å². The van der Waals surface area contributed by atoms with E-state index in [4.69, 9.17) is 13.9 Å². The molecule has 0 saturated heterocycles. The van der Waals surface area contributed by atoms with Gasteiger partial charge in [0.25, 0.3) is 0 Å². The number of methoxy groups -OCH3 is 1. The van der Waals surface area contributed by atoms with Crippen LogP contribution in [0.4, 0.5) is 0 Å². The van der Waals surface area contributed by atoms with Crippen molar-refractivity contribution in [3.8, 4) is 0 Å². The highest BCUT2D eigenvalue weighted by Crippen LogP contribution is 2.42. The molecular weight excluding hydrogens is 543 g/mol. The molecule has 0 aromatic heterocycles. The van der Waals surface area contributed by atoms with E-state index in [-0.39, 0.29) is 18.8 Å². The van der Waals surface area contributed by atoms with Gasteiger partial charge in [0.05, 0.1) is 12.2 Å². The summed E-state index contributed by atoms with van der Waals surface area (Å²) in [5.41, 5.74) is 4.20. The van der Waals surface area contributed by atoms with E-state index in [1.807, 2.05) is 6.08 Å². The molecule has 1 aliphatic carbocycles. The van der Waals surface area contributed by atoms with Crippen LogP contribution in [0.1, 0.15) is 74.7 Å². The van der Waals surface area contributed by atoms with Crippen molar-refractivity contribution in [1.82, 2.24) is 0 Å². The quantitative estimate of drug-likeness (QED) is 0.0969. The van der Waals surface area contributed by atoms with Gasteiger partial charge in [0, 0.05) is 20.1 Å². The maximum absolute atomic E-state index is 11.0. The summed E-state index contributed by atoms with van der Waals surface area (Å²) in [4.78, 5) is 0. The molecule has 1 rings (SSSR count). The highest BCUT2D eigenvalue weighted by molar-refractivity contribution is 14.1. The lowest BCUT2D eigenvalue weighted by Crippen LogP contribution is -2.47. The van der Waals surface area contributed by atoms with Crippen molar-refractivity contribution >= 4 is 30.9 Å². The minimum atomic E-state index is -1.86. The fourth-order valence-electron chi connectivity index (χ4n) is 5.82. The number of ether oxygens (including phenoxy) is 2. The lowest BCUT2D eigenvalue weighted by molar-refractivity contribution is -0.0865. The summed E-state index contributed by atoms with van der Waals surface area (Å²) >= 11 is 2.36. The molecule has 0 saturated carbocycles. The number of allylic oxidation sites excluding steroid dienone is 2. The zero-order valence-electron chi connectivity index (χ0n) is 22.5. The molecule has 1 N–H and O–H groups in total. The molecule has 33 heavy (non-hydrogen) atoms. The highest BCUT2D eigenvalue weighted by Gasteiger charge is 2.44. The predicted molar refractivity (Wildman–Crippen MR) is 151 cm³/mol. The monoisotopic (exact) mass is 592 g/mol. The second-order valence-corrected chi connectivity index (χ2v) is 17.5. The third kappa shape index (κ3) is 8.87. The topological polar surface area (TPSA) is 47.9 Å². The van der Waals surface area contributed by atoms with Crippen molar-refractivity contribution in [3.63, 3.8) is 0 Å². The molecular formula is C27H49IO4Si. The molecule has 0 spiro atoms. The highest BCUT2D eigenvalue weighted by atomic mass is 127. The van der Waals surface area contributed by atoms with E-state index in [2.05, 4.69) is 90.6 Å². The molecule has 0 aliphatic heterocycles. The van der Waals surface area contributed by atoms with Crippen molar-refractivity contribution in [2.75, 3.05) is 20.5 Å². The summed E-state index contributed by atoms with van der Waals surface area (Å²) in [6, 6.07) is 0.